The highest BCUT2D eigenvalue weighted by molar-refractivity contribution is 7.80. The second kappa shape index (κ2) is 8.02. The number of nitrogens with zero attached hydrogens (tertiary/aromatic N) is 1. The van der Waals surface area contributed by atoms with Gasteiger partial charge in [-0.05, 0) is 66.9 Å². The first-order valence-electron chi connectivity index (χ1n) is 9.43. The number of carbonyl (C=O) groups is 1. The van der Waals surface area contributed by atoms with E-state index in [0.29, 0.717) is 17.0 Å². The molecule has 1 amide bonds. The van der Waals surface area contributed by atoms with Crippen molar-refractivity contribution in [1.29, 1.82) is 5.26 Å². The number of anilines is 1. The zero-order chi connectivity index (χ0) is 20.5. The normalized spacial score (nSPS) is 16.0. The number of nitriles is 1. The number of carbonyl (C=O) groups excluding carboxylic acids is 1. The van der Waals surface area contributed by atoms with Crippen LogP contribution in [-0.2, 0) is 12.8 Å². The molecule has 0 aliphatic heterocycles. The molecular formula is C22H25N3OS2. The molecule has 0 saturated heterocycles. The summed E-state index contributed by atoms with van der Waals surface area (Å²) in [6, 6.07) is 9.70. The fraction of sp³-hybridized carbons (Fsp3) is 0.409. The van der Waals surface area contributed by atoms with E-state index in [1.807, 2.05) is 25.1 Å². The minimum absolute atomic E-state index is 0.218. The van der Waals surface area contributed by atoms with Gasteiger partial charge < -0.3 is 5.32 Å². The Morgan fingerprint density at radius 3 is 2.68 bits per heavy atom. The molecule has 0 bridgehead atoms. The zero-order valence-electron chi connectivity index (χ0n) is 16.7. The smallest absolute Gasteiger partial charge is 0.257 e. The highest BCUT2D eigenvalue weighted by Gasteiger charge is 2.32. The van der Waals surface area contributed by atoms with E-state index in [0.717, 1.165) is 35.4 Å². The third-order valence-corrected chi connectivity index (χ3v) is 6.82. The van der Waals surface area contributed by atoms with Crippen LogP contribution in [0.4, 0.5) is 5.00 Å². The SMILES string of the molecule is Cc1ccccc1C(=O)NC(=S)Nc1sc2c(c1C#N)CC[C@@H](C(C)(C)C)C2. The van der Waals surface area contributed by atoms with Gasteiger partial charge >= 0.3 is 0 Å². The van der Waals surface area contributed by atoms with E-state index in [1.54, 1.807) is 17.4 Å². The highest BCUT2D eigenvalue weighted by atomic mass is 32.1. The van der Waals surface area contributed by atoms with E-state index < -0.39 is 0 Å². The van der Waals surface area contributed by atoms with Gasteiger partial charge in [0.2, 0.25) is 0 Å². The van der Waals surface area contributed by atoms with Crippen molar-refractivity contribution in [1.82, 2.24) is 5.32 Å². The third kappa shape index (κ3) is 4.26. The van der Waals surface area contributed by atoms with Crippen LogP contribution in [0.2, 0.25) is 0 Å². The maximum atomic E-state index is 12.5. The Bertz CT molecular complexity index is 963. The summed E-state index contributed by atoms with van der Waals surface area (Å²) in [4.78, 5) is 13.7. The summed E-state index contributed by atoms with van der Waals surface area (Å²) in [5.41, 5.74) is 3.54. The number of nitrogens with one attached hydrogen (secondary N) is 2. The molecule has 3 rings (SSSR count). The van der Waals surface area contributed by atoms with Crippen molar-refractivity contribution in [2.75, 3.05) is 5.32 Å². The Labute approximate surface area is 176 Å². The van der Waals surface area contributed by atoms with Gasteiger partial charge in [0.05, 0.1) is 5.56 Å². The summed E-state index contributed by atoms with van der Waals surface area (Å²) in [7, 11) is 0. The quantitative estimate of drug-likeness (QED) is 0.666. The van der Waals surface area contributed by atoms with E-state index in [2.05, 4.69) is 37.5 Å². The van der Waals surface area contributed by atoms with Crippen molar-refractivity contribution < 1.29 is 4.79 Å². The molecule has 0 saturated carbocycles. The number of hydrogen-bond donors (Lipinski definition) is 2. The monoisotopic (exact) mass is 411 g/mol. The Kier molecular flexibility index (Phi) is 5.87. The van der Waals surface area contributed by atoms with Gasteiger partial charge in [0, 0.05) is 10.4 Å². The Hall–Kier alpha value is -2.23. The van der Waals surface area contributed by atoms with Crippen LogP contribution >= 0.6 is 23.6 Å². The predicted molar refractivity (Wildman–Crippen MR) is 119 cm³/mol. The first-order chi connectivity index (χ1) is 13.2. The fourth-order valence-electron chi connectivity index (χ4n) is 3.66. The second-order valence-corrected chi connectivity index (χ2v) is 9.86. The molecule has 1 aromatic carbocycles. The van der Waals surface area contributed by atoms with Gasteiger partial charge in [0.25, 0.3) is 5.91 Å². The number of benzene rings is 1. The first-order valence-corrected chi connectivity index (χ1v) is 10.7. The van der Waals surface area contributed by atoms with Crippen LogP contribution < -0.4 is 10.6 Å². The van der Waals surface area contributed by atoms with Gasteiger partial charge in [-0.15, -0.1) is 11.3 Å². The lowest BCUT2D eigenvalue weighted by atomic mass is 9.72. The molecule has 1 aliphatic rings. The molecule has 6 heteroatoms. The molecule has 0 radical (unpaired) electrons. The van der Waals surface area contributed by atoms with E-state index in [-0.39, 0.29) is 16.4 Å². The van der Waals surface area contributed by atoms with Crippen molar-refractivity contribution in [2.24, 2.45) is 11.3 Å². The van der Waals surface area contributed by atoms with E-state index in [9.17, 15) is 10.1 Å². The lowest BCUT2D eigenvalue weighted by Crippen LogP contribution is -2.34. The molecule has 1 aliphatic carbocycles. The van der Waals surface area contributed by atoms with Gasteiger partial charge in [-0.25, -0.2) is 0 Å². The van der Waals surface area contributed by atoms with Crippen LogP contribution in [0.5, 0.6) is 0 Å². The second-order valence-electron chi connectivity index (χ2n) is 8.35. The van der Waals surface area contributed by atoms with E-state index in [1.165, 1.54) is 4.88 Å². The van der Waals surface area contributed by atoms with Crippen LogP contribution in [-0.4, -0.2) is 11.0 Å². The Balaban J connectivity index is 1.75. The molecule has 4 nitrogen and oxygen atoms in total. The standard InChI is InChI=1S/C22H25N3OS2/c1-13-7-5-6-8-15(13)19(26)24-21(27)25-20-17(12-23)16-10-9-14(22(2,3)4)11-18(16)28-20/h5-8,14H,9-11H2,1-4H3,(H2,24,25,26,27)/t14-/m1/s1. The van der Waals surface area contributed by atoms with Crippen LogP contribution in [0, 0.1) is 29.6 Å². The van der Waals surface area contributed by atoms with Gasteiger partial charge in [0.15, 0.2) is 5.11 Å². The summed E-state index contributed by atoms with van der Waals surface area (Å²) in [5.74, 6) is 0.356. The Morgan fingerprint density at radius 1 is 1.32 bits per heavy atom. The van der Waals surface area contributed by atoms with Crippen molar-refractivity contribution in [2.45, 2.75) is 47.0 Å². The van der Waals surface area contributed by atoms with Crippen LogP contribution in [0.25, 0.3) is 0 Å². The van der Waals surface area contributed by atoms with Crippen molar-refractivity contribution in [3.05, 3.63) is 51.4 Å². The van der Waals surface area contributed by atoms with E-state index in [4.69, 9.17) is 12.2 Å². The zero-order valence-corrected chi connectivity index (χ0v) is 18.3. The van der Waals surface area contributed by atoms with Crippen molar-refractivity contribution in [3.8, 4) is 6.07 Å². The maximum absolute atomic E-state index is 12.5. The van der Waals surface area contributed by atoms with Crippen LogP contribution in [0.1, 0.15) is 59.1 Å². The van der Waals surface area contributed by atoms with E-state index >= 15 is 0 Å². The third-order valence-electron chi connectivity index (χ3n) is 5.45. The van der Waals surface area contributed by atoms with Gasteiger partial charge in [-0.2, -0.15) is 5.26 Å². The number of amides is 1. The fourth-order valence-corrected chi connectivity index (χ4v) is 5.21. The summed E-state index contributed by atoms with van der Waals surface area (Å²) in [6.07, 6.45) is 3.00. The number of thiophene rings is 1. The summed E-state index contributed by atoms with van der Waals surface area (Å²) in [5, 5.41) is 16.5. The molecule has 146 valence electrons. The predicted octanol–water partition coefficient (Wildman–Crippen LogP) is 5.21. The molecule has 1 aromatic heterocycles. The number of hydrogen-bond acceptors (Lipinski definition) is 4. The molecule has 1 atom stereocenters. The molecule has 0 spiro atoms. The number of rotatable bonds is 2. The average molecular weight is 412 g/mol. The first kappa shape index (κ1) is 20.5. The molecule has 0 fully saturated rings. The van der Waals surface area contributed by atoms with Crippen LogP contribution in [0.15, 0.2) is 24.3 Å². The van der Waals surface area contributed by atoms with Crippen molar-refractivity contribution >= 4 is 39.6 Å². The molecule has 1 heterocycles. The maximum Gasteiger partial charge on any atom is 0.257 e. The largest absolute Gasteiger partial charge is 0.323 e. The summed E-state index contributed by atoms with van der Waals surface area (Å²) in [6.45, 7) is 8.71. The van der Waals surface area contributed by atoms with Gasteiger partial charge in [-0.3, -0.25) is 10.1 Å². The summed E-state index contributed by atoms with van der Waals surface area (Å²) < 4.78 is 0. The topological polar surface area (TPSA) is 64.9 Å². The minimum Gasteiger partial charge on any atom is -0.323 e. The van der Waals surface area contributed by atoms with Crippen molar-refractivity contribution in [3.63, 3.8) is 0 Å². The lowest BCUT2D eigenvalue weighted by Gasteiger charge is -2.33. The number of aryl methyl sites for hydroxylation is 1. The molecule has 0 unspecified atom stereocenters. The lowest BCUT2D eigenvalue weighted by molar-refractivity contribution is 0.0977. The minimum atomic E-state index is -0.247. The van der Waals surface area contributed by atoms with Crippen LogP contribution in [0.3, 0.4) is 0 Å². The molecule has 2 N–H and O–H groups in total. The van der Waals surface area contributed by atoms with Gasteiger partial charge in [-0.1, -0.05) is 39.0 Å². The molecule has 2 aromatic rings. The summed E-state index contributed by atoms with van der Waals surface area (Å²) >= 11 is 6.93. The molecule has 28 heavy (non-hydrogen) atoms. The molecular weight excluding hydrogens is 386 g/mol. The number of thiocarbonyl (C=S) groups is 1. The van der Waals surface area contributed by atoms with Gasteiger partial charge in [0.1, 0.15) is 11.1 Å². The number of fused-ring (bicyclic) bond motifs is 1. The average Bonchev–Trinajstić information content (AvgIpc) is 2.97. The highest BCUT2D eigenvalue weighted by Crippen LogP contribution is 2.43. The Morgan fingerprint density at radius 2 is 2.04 bits per heavy atom.